The topological polar surface area (TPSA) is 140 Å². The van der Waals surface area contributed by atoms with Gasteiger partial charge in [-0.3, -0.25) is 24.0 Å². The van der Waals surface area contributed by atoms with Crippen LogP contribution in [0.25, 0.3) is 16.6 Å². The van der Waals surface area contributed by atoms with Gasteiger partial charge in [0.05, 0.1) is 30.6 Å². The summed E-state index contributed by atoms with van der Waals surface area (Å²) in [4.78, 5) is 43.5. The lowest BCUT2D eigenvalue weighted by molar-refractivity contribution is -0.150. The van der Waals surface area contributed by atoms with Gasteiger partial charge in [0.2, 0.25) is 0 Å². The van der Waals surface area contributed by atoms with Crippen LogP contribution >= 0.6 is 12.4 Å². The van der Waals surface area contributed by atoms with Gasteiger partial charge in [-0.2, -0.15) is 0 Å². The fourth-order valence-corrected chi connectivity index (χ4v) is 4.83. The van der Waals surface area contributed by atoms with Crippen molar-refractivity contribution in [2.45, 2.75) is 39.5 Å². The predicted molar refractivity (Wildman–Crippen MR) is 174 cm³/mol. The molecule has 2 atom stereocenters. The van der Waals surface area contributed by atoms with Crippen LogP contribution < -0.4 is 26.1 Å². The number of hydrogen-bond donors (Lipinski definition) is 2. The van der Waals surface area contributed by atoms with Gasteiger partial charge in [-0.1, -0.05) is 18.2 Å². The molecule has 2 heterocycles. The standard InChI is InChI=1S/C33H32FN5O6.ClH/c1-19(44-33(42)20(2)35)18-38-21(3)30(32(41)39(38)23-8-6-5-7-9-23)31(40)37-22-10-13-29(26(34)16-22)45-28-14-15-36-27-17-24(43-4)11-12-25(27)28;/h5-17,19-20H,18,35H2,1-4H3,(H,37,40);1H/t19-,20?;/m0./s1. The van der Waals surface area contributed by atoms with E-state index in [0.717, 1.165) is 6.07 Å². The minimum Gasteiger partial charge on any atom is -0.497 e. The average molecular weight is 650 g/mol. The van der Waals surface area contributed by atoms with Crippen LogP contribution in [0, 0.1) is 12.7 Å². The SMILES string of the molecule is COc1ccc2c(Oc3ccc(NC(=O)c4c(C)n(C[C@H](C)OC(=O)C(C)N)n(-c5ccccc5)c4=O)cc3F)ccnc2c1.Cl. The van der Waals surface area contributed by atoms with Crippen molar-refractivity contribution in [1.82, 2.24) is 14.3 Å². The van der Waals surface area contributed by atoms with E-state index in [2.05, 4.69) is 10.3 Å². The lowest BCUT2D eigenvalue weighted by Gasteiger charge is -2.19. The lowest BCUT2D eigenvalue weighted by atomic mass is 10.2. The van der Waals surface area contributed by atoms with Crippen molar-refractivity contribution in [3.63, 3.8) is 0 Å². The third kappa shape index (κ3) is 7.03. The number of rotatable bonds is 10. The van der Waals surface area contributed by atoms with Crippen LogP contribution in [0.3, 0.4) is 0 Å². The summed E-state index contributed by atoms with van der Waals surface area (Å²) < 4.78 is 34.6. The molecule has 240 valence electrons. The fourth-order valence-electron chi connectivity index (χ4n) is 4.83. The molecule has 0 saturated carbocycles. The number of fused-ring (bicyclic) bond motifs is 1. The van der Waals surface area contributed by atoms with E-state index in [-0.39, 0.29) is 36.0 Å². The minimum absolute atomic E-state index is 0. The van der Waals surface area contributed by atoms with E-state index in [0.29, 0.717) is 33.8 Å². The number of esters is 1. The Hall–Kier alpha value is -5.20. The van der Waals surface area contributed by atoms with E-state index in [4.69, 9.17) is 19.9 Å². The quantitative estimate of drug-likeness (QED) is 0.192. The van der Waals surface area contributed by atoms with Crippen molar-refractivity contribution in [2.24, 2.45) is 5.73 Å². The van der Waals surface area contributed by atoms with E-state index in [1.807, 2.05) is 0 Å². The van der Waals surface area contributed by atoms with Gasteiger partial charge < -0.3 is 25.3 Å². The maximum Gasteiger partial charge on any atom is 0.322 e. The molecule has 46 heavy (non-hydrogen) atoms. The van der Waals surface area contributed by atoms with Crippen molar-refractivity contribution < 1.29 is 28.2 Å². The molecule has 13 heteroatoms. The first-order chi connectivity index (χ1) is 21.6. The van der Waals surface area contributed by atoms with Crippen molar-refractivity contribution in [1.29, 1.82) is 0 Å². The van der Waals surface area contributed by atoms with Crippen LogP contribution in [-0.4, -0.2) is 45.5 Å². The monoisotopic (exact) mass is 649 g/mol. The van der Waals surface area contributed by atoms with Crippen molar-refractivity contribution in [3.05, 3.63) is 106 Å². The first kappa shape index (κ1) is 33.7. The van der Waals surface area contributed by atoms with Gasteiger partial charge >= 0.3 is 5.97 Å². The molecule has 0 radical (unpaired) electrons. The number of carbonyl (C=O) groups excluding carboxylic acids is 2. The van der Waals surface area contributed by atoms with E-state index in [1.54, 1.807) is 86.4 Å². The molecule has 1 amide bonds. The maximum atomic E-state index is 15.2. The second kappa shape index (κ2) is 14.3. The number of nitrogens with one attached hydrogen (secondary N) is 1. The van der Waals surface area contributed by atoms with Crippen LogP contribution in [0.2, 0.25) is 0 Å². The summed E-state index contributed by atoms with van der Waals surface area (Å²) in [5, 5.41) is 3.28. The van der Waals surface area contributed by atoms with Crippen LogP contribution in [0.1, 0.15) is 29.9 Å². The zero-order valence-electron chi connectivity index (χ0n) is 25.5. The Morgan fingerprint density at radius 2 is 1.76 bits per heavy atom. The lowest BCUT2D eigenvalue weighted by Crippen LogP contribution is -2.34. The molecule has 0 spiro atoms. The number of hydrogen-bond acceptors (Lipinski definition) is 8. The highest BCUT2D eigenvalue weighted by Crippen LogP contribution is 2.33. The highest BCUT2D eigenvalue weighted by molar-refractivity contribution is 6.05. The average Bonchev–Trinajstić information content (AvgIpc) is 3.26. The molecule has 0 bridgehead atoms. The Kier molecular flexibility index (Phi) is 10.5. The van der Waals surface area contributed by atoms with Crippen molar-refractivity contribution in [2.75, 3.05) is 12.4 Å². The number of methoxy groups -OCH3 is 1. The number of benzene rings is 3. The Morgan fingerprint density at radius 3 is 2.43 bits per heavy atom. The Balaban J connectivity index is 0.00000480. The Morgan fingerprint density at radius 1 is 1.02 bits per heavy atom. The highest BCUT2D eigenvalue weighted by Gasteiger charge is 2.26. The number of amides is 1. The molecular formula is C33H33ClFN5O6. The predicted octanol–water partition coefficient (Wildman–Crippen LogP) is 5.39. The summed E-state index contributed by atoms with van der Waals surface area (Å²) in [6.07, 6.45) is 0.880. The van der Waals surface area contributed by atoms with Crippen LogP contribution in [0.5, 0.6) is 17.2 Å². The number of halogens is 2. The second-order valence-electron chi connectivity index (χ2n) is 10.4. The number of carbonyl (C=O) groups is 2. The molecule has 3 aromatic carbocycles. The van der Waals surface area contributed by atoms with Crippen LogP contribution in [0.4, 0.5) is 10.1 Å². The van der Waals surface area contributed by atoms with Gasteiger partial charge in [0.1, 0.15) is 29.2 Å². The van der Waals surface area contributed by atoms with Crippen LogP contribution in [0.15, 0.2) is 83.8 Å². The summed E-state index contributed by atoms with van der Waals surface area (Å²) in [5.41, 5.74) is 6.45. The number of ether oxygens (including phenoxy) is 3. The van der Waals surface area contributed by atoms with E-state index < -0.39 is 35.4 Å². The summed E-state index contributed by atoms with van der Waals surface area (Å²) >= 11 is 0. The van der Waals surface area contributed by atoms with Gasteiger partial charge in [-0.15, -0.1) is 12.4 Å². The molecule has 0 fully saturated rings. The molecule has 0 aliphatic heterocycles. The maximum absolute atomic E-state index is 15.2. The third-order valence-corrected chi connectivity index (χ3v) is 7.06. The van der Waals surface area contributed by atoms with Crippen LogP contribution in [-0.2, 0) is 16.1 Å². The fraction of sp³-hybridized carbons (Fsp3) is 0.212. The molecule has 5 rings (SSSR count). The number of anilines is 1. The summed E-state index contributed by atoms with van der Waals surface area (Å²) in [6, 6.07) is 18.8. The van der Waals surface area contributed by atoms with Crippen molar-refractivity contribution in [3.8, 4) is 22.9 Å². The van der Waals surface area contributed by atoms with Crippen molar-refractivity contribution >= 4 is 40.9 Å². The van der Waals surface area contributed by atoms with E-state index in [9.17, 15) is 14.4 Å². The molecule has 1 unspecified atom stereocenters. The van der Waals surface area contributed by atoms with E-state index >= 15 is 4.39 Å². The van der Waals surface area contributed by atoms with Gasteiger partial charge in [-0.05, 0) is 63.2 Å². The molecule has 2 aromatic heterocycles. The number of para-hydroxylation sites is 1. The molecule has 0 aliphatic rings. The summed E-state index contributed by atoms with van der Waals surface area (Å²) in [7, 11) is 1.55. The summed E-state index contributed by atoms with van der Waals surface area (Å²) in [5.74, 6) is -1.11. The molecular weight excluding hydrogens is 617 g/mol. The first-order valence-corrected chi connectivity index (χ1v) is 14.1. The number of pyridine rings is 1. The first-order valence-electron chi connectivity index (χ1n) is 14.1. The Labute approximate surface area is 270 Å². The third-order valence-electron chi connectivity index (χ3n) is 7.06. The second-order valence-corrected chi connectivity index (χ2v) is 10.4. The van der Waals surface area contributed by atoms with Gasteiger partial charge in [-0.25, -0.2) is 9.07 Å². The number of nitrogens with two attached hydrogens (primary N) is 1. The number of nitrogens with zero attached hydrogens (tertiary/aromatic N) is 3. The number of aromatic nitrogens is 3. The zero-order chi connectivity index (χ0) is 32.2. The van der Waals surface area contributed by atoms with Gasteiger partial charge in [0.25, 0.3) is 11.5 Å². The molecule has 3 N–H and O–H groups in total. The Bertz CT molecular complexity index is 1940. The zero-order valence-corrected chi connectivity index (χ0v) is 26.3. The minimum atomic E-state index is -0.818. The smallest absolute Gasteiger partial charge is 0.322 e. The van der Waals surface area contributed by atoms with Gasteiger partial charge in [0, 0.05) is 29.4 Å². The molecule has 11 nitrogen and oxygen atoms in total. The van der Waals surface area contributed by atoms with E-state index in [1.165, 1.54) is 23.7 Å². The largest absolute Gasteiger partial charge is 0.497 e. The molecule has 0 saturated heterocycles. The molecule has 0 aliphatic carbocycles. The highest BCUT2D eigenvalue weighted by atomic mass is 35.5. The van der Waals surface area contributed by atoms with Gasteiger partial charge in [0.15, 0.2) is 11.6 Å². The normalized spacial score (nSPS) is 12.1. The summed E-state index contributed by atoms with van der Waals surface area (Å²) in [6.45, 7) is 4.86. The molecule has 5 aromatic rings.